The van der Waals surface area contributed by atoms with Gasteiger partial charge in [-0.15, -0.1) is 0 Å². The fourth-order valence-corrected chi connectivity index (χ4v) is 1.63. The van der Waals surface area contributed by atoms with Crippen molar-refractivity contribution in [2.75, 3.05) is 0 Å². The minimum absolute atomic E-state index is 0.0718. The summed E-state index contributed by atoms with van der Waals surface area (Å²) in [7, 11) is 0. The molecule has 0 aliphatic carbocycles. The molecular formula is C14H12ClN3O2. The van der Waals surface area contributed by atoms with Gasteiger partial charge in [-0.3, -0.25) is 9.59 Å². The Bertz CT molecular complexity index is 677. The van der Waals surface area contributed by atoms with E-state index in [1.807, 2.05) is 0 Å². The molecule has 0 aliphatic rings. The zero-order chi connectivity index (χ0) is 14.4. The first-order valence-corrected chi connectivity index (χ1v) is 6.26. The number of benzene rings is 1. The second-order valence-electron chi connectivity index (χ2n) is 4.01. The number of hydrogen-bond acceptors (Lipinski definition) is 3. The minimum atomic E-state index is -0.372. The van der Waals surface area contributed by atoms with Gasteiger partial charge in [0.2, 0.25) is 0 Å². The van der Waals surface area contributed by atoms with Gasteiger partial charge in [0.15, 0.2) is 0 Å². The molecule has 5 nitrogen and oxygen atoms in total. The largest absolute Gasteiger partial charge is 0.306 e. The molecule has 2 aromatic rings. The number of hydrogen-bond donors (Lipinski definition) is 1. The van der Waals surface area contributed by atoms with Crippen molar-refractivity contribution in [1.29, 1.82) is 0 Å². The van der Waals surface area contributed by atoms with Crippen LogP contribution in [0.4, 0.5) is 0 Å². The number of amides is 1. The quantitative estimate of drug-likeness (QED) is 0.687. The van der Waals surface area contributed by atoms with Gasteiger partial charge in [0.05, 0.1) is 6.21 Å². The fraction of sp³-hybridized carbons (Fsp3) is 0.0714. The Morgan fingerprint density at radius 2 is 2.00 bits per heavy atom. The van der Waals surface area contributed by atoms with Gasteiger partial charge >= 0.3 is 0 Å². The minimum Gasteiger partial charge on any atom is -0.306 e. The van der Waals surface area contributed by atoms with Crippen molar-refractivity contribution in [3.8, 4) is 0 Å². The van der Waals surface area contributed by atoms with Crippen LogP contribution in [0.3, 0.4) is 0 Å². The van der Waals surface area contributed by atoms with E-state index in [1.54, 1.807) is 42.6 Å². The number of nitrogens with one attached hydrogen (secondary N) is 1. The van der Waals surface area contributed by atoms with Gasteiger partial charge < -0.3 is 4.57 Å². The average Bonchev–Trinajstić information content (AvgIpc) is 2.44. The predicted octanol–water partition coefficient (Wildman–Crippen LogP) is 1.65. The smallest absolute Gasteiger partial charge is 0.260 e. The standard InChI is InChI=1S/C14H12ClN3O2/c15-12-6-4-11(5-7-12)9-16-17-13(19)10-18-8-2-1-3-14(18)20/h1-9H,10H2,(H,17,19)/b16-9-. The first kappa shape index (κ1) is 14.0. The van der Waals surface area contributed by atoms with Gasteiger partial charge in [0.1, 0.15) is 6.54 Å². The molecule has 102 valence electrons. The van der Waals surface area contributed by atoms with Crippen LogP contribution < -0.4 is 11.0 Å². The van der Waals surface area contributed by atoms with Crippen molar-refractivity contribution < 1.29 is 4.79 Å². The second-order valence-corrected chi connectivity index (χ2v) is 4.45. The topological polar surface area (TPSA) is 63.5 Å². The molecule has 0 saturated carbocycles. The van der Waals surface area contributed by atoms with Gasteiger partial charge in [-0.2, -0.15) is 5.10 Å². The van der Waals surface area contributed by atoms with Crippen LogP contribution in [0.1, 0.15) is 5.56 Å². The maximum atomic E-state index is 11.6. The molecule has 1 aromatic heterocycles. The summed E-state index contributed by atoms with van der Waals surface area (Å²) < 4.78 is 1.30. The highest BCUT2D eigenvalue weighted by Gasteiger charge is 2.01. The highest BCUT2D eigenvalue weighted by molar-refractivity contribution is 6.30. The van der Waals surface area contributed by atoms with Gasteiger partial charge in [-0.25, -0.2) is 5.43 Å². The lowest BCUT2D eigenvalue weighted by atomic mass is 10.2. The average molecular weight is 290 g/mol. The first-order chi connectivity index (χ1) is 9.65. The molecule has 0 aliphatic heterocycles. The third kappa shape index (κ3) is 4.07. The van der Waals surface area contributed by atoms with Crippen molar-refractivity contribution in [2.45, 2.75) is 6.54 Å². The summed E-state index contributed by atoms with van der Waals surface area (Å²) in [6, 6.07) is 11.7. The third-order valence-electron chi connectivity index (χ3n) is 2.49. The Balaban J connectivity index is 1.91. The summed E-state index contributed by atoms with van der Waals surface area (Å²) in [4.78, 5) is 23.0. The van der Waals surface area contributed by atoms with Crippen LogP contribution in [0.5, 0.6) is 0 Å². The molecule has 0 fully saturated rings. The summed E-state index contributed by atoms with van der Waals surface area (Å²) in [5.41, 5.74) is 2.94. The van der Waals surface area contributed by atoms with Crippen molar-refractivity contribution in [3.05, 3.63) is 69.6 Å². The number of hydrazone groups is 1. The van der Waals surface area contributed by atoms with E-state index in [9.17, 15) is 9.59 Å². The number of aromatic nitrogens is 1. The number of nitrogens with zero attached hydrogens (tertiary/aromatic N) is 2. The highest BCUT2D eigenvalue weighted by Crippen LogP contribution is 2.07. The van der Waals surface area contributed by atoms with Gasteiger partial charge in [0.25, 0.3) is 11.5 Å². The molecule has 0 bridgehead atoms. The van der Waals surface area contributed by atoms with Crippen molar-refractivity contribution >= 4 is 23.7 Å². The normalized spacial score (nSPS) is 10.7. The molecule has 0 spiro atoms. The zero-order valence-corrected chi connectivity index (χ0v) is 11.2. The monoisotopic (exact) mass is 289 g/mol. The third-order valence-corrected chi connectivity index (χ3v) is 2.74. The van der Waals surface area contributed by atoms with E-state index in [-0.39, 0.29) is 18.0 Å². The van der Waals surface area contributed by atoms with Crippen molar-refractivity contribution in [3.63, 3.8) is 0 Å². The molecule has 1 aromatic carbocycles. The SMILES string of the molecule is O=C(Cn1ccccc1=O)N/N=C\c1ccc(Cl)cc1. The van der Waals surface area contributed by atoms with Crippen LogP contribution in [0.25, 0.3) is 0 Å². The Hall–Kier alpha value is -2.40. The van der Waals surface area contributed by atoms with Crippen LogP contribution in [0, 0.1) is 0 Å². The Labute approximate surface area is 120 Å². The number of halogens is 1. The lowest BCUT2D eigenvalue weighted by Gasteiger charge is -2.03. The molecule has 1 N–H and O–H groups in total. The molecule has 1 heterocycles. The molecular weight excluding hydrogens is 278 g/mol. The zero-order valence-electron chi connectivity index (χ0n) is 10.5. The van der Waals surface area contributed by atoms with E-state index in [4.69, 9.17) is 11.6 Å². The molecule has 20 heavy (non-hydrogen) atoms. The molecule has 2 rings (SSSR count). The highest BCUT2D eigenvalue weighted by atomic mass is 35.5. The van der Waals surface area contributed by atoms with Crippen LogP contribution in [0.15, 0.2) is 58.6 Å². The number of carbonyl (C=O) groups excluding carboxylic acids is 1. The lowest BCUT2D eigenvalue weighted by Crippen LogP contribution is -2.28. The van der Waals surface area contributed by atoms with Gasteiger partial charge in [-0.1, -0.05) is 29.8 Å². The van der Waals surface area contributed by atoms with Crippen LogP contribution in [-0.4, -0.2) is 16.7 Å². The molecule has 0 unspecified atom stereocenters. The molecule has 0 saturated heterocycles. The summed E-state index contributed by atoms with van der Waals surface area (Å²) in [5, 5.41) is 4.45. The summed E-state index contributed by atoms with van der Waals surface area (Å²) in [6.45, 7) is -0.0718. The van der Waals surface area contributed by atoms with E-state index in [2.05, 4.69) is 10.5 Å². The van der Waals surface area contributed by atoms with E-state index < -0.39 is 0 Å². The van der Waals surface area contributed by atoms with E-state index >= 15 is 0 Å². The maximum absolute atomic E-state index is 11.6. The second kappa shape index (κ2) is 6.68. The number of pyridine rings is 1. The van der Waals surface area contributed by atoms with Gasteiger partial charge in [0, 0.05) is 17.3 Å². The van der Waals surface area contributed by atoms with Gasteiger partial charge in [-0.05, 0) is 23.8 Å². The maximum Gasteiger partial charge on any atom is 0.260 e. The van der Waals surface area contributed by atoms with Crippen molar-refractivity contribution in [1.82, 2.24) is 9.99 Å². The van der Waals surface area contributed by atoms with E-state index in [0.717, 1.165) is 5.56 Å². The van der Waals surface area contributed by atoms with Crippen LogP contribution in [-0.2, 0) is 11.3 Å². The molecule has 0 radical (unpaired) electrons. The molecule has 6 heteroatoms. The summed E-state index contributed by atoms with van der Waals surface area (Å²) in [6.07, 6.45) is 3.05. The lowest BCUT2D eigenvalue weighted by molar-refractivity contribution is -0.121. The number of carbonyl (C=O) groups is 1. The Morgan fingerprint density at radius 1 is 1.25 bits per heavy atom. The summed E-state index contributed by atoms with van der Waals surface area (Å²) in [5.74, 6) is -0.372. The predicted molar refractivity (Wildman–Crippen MR) is 77.9 cm³/mol. The van der Waals surface area contributed by atoms with Crippen LogP contribution in [0.2, 0.25) is 5.02 Å². The number of rotatable bonds is 4. The Morgan fingerprint density at radius 3 is 2.70 bits per heavy atom. The Kier molecular flexibility index (Phi) is 4.68. The summed E-state index contributed by atoms with van der Waals surface area (Å²) >= 11 is 5.75. The molecule has 1 amide bonds. The van der Waals surface area contributed by atoms with E-state index in [1.165, 1.54) is 16.8 Å². The van der Waals surface area contributed by atoms with Crippen molar-refractivity contribution in [2.24, 2.45) is 5.10 Å². The van der Waals surface area contributed by atoms with E-state index in [0.29, 0.717) is 5.02 Å². The first-order valence-electron chi connectivity index (χ1n) is 5.88. The fourth-order valence-electron chi connectivity index (χ4n) is 1.51. The molecule has 0 atom stereocenters. The van der Waals surface area contributed by atoms with Crippen LogP contribution >= 0.6 is 11.6 Å².